The number of primary sulfonamides is 1. The van der Waals surface area contributed by atoms with Gasteiger partial charge in [-0.05, 0) is 30.7 Å². The Kier molecular flexibility index (Phi) is 7.47. The zero-order chi connectivity index (χ0) is 17.0. The number of benzene rings is 1. The van der Waals surface area contributed by atoms with Gasteiger partial charge in [-0.15, -0.1) is 12.4 Å². The van der Waals surface area contributed by atoms with E-state index in [0.29, 0.717) is 32.6 Å². The standard InChI is InChI=1S/C15H24N4O3S.ClH/c1-2-3-14(16)15(20)19-10-8-18(9-11-19)12-4-6-13(7-5-12)23(17,21)22;/h4-7,14H,2-3,8-11,16H2,1H3,(H2,17,21,22);1H. The van der Waals surface area contributed by atoms with Gasteiger partial charge in [0.05, 0.1) is 10.9 Å². The highest BCUT2D eigenvalue weighted by atomic mass is 35.5. The molecule has 1 atom stereocenters. The monoisotopic (exact) mass is 376 g/mol. The average Bonchev–Trinajstić information content (AvgIpc) is 2.54. The number of carbonyl (C=O) groups excluding carboxylic acids is 1. The van der Waals surface area contributed by atoms with Crippen molar-refractivity contribution in [3.8, 4) is 0 Å². The fraction of sp³-hybridized carbons (Fsp3) is 0.533. The van der Waals surface area contributed by atoms with E-state index >= 15 is 0 Å². The number of anilines is 1. The molecule has 7 nitrogen and oxygen atoms in total. The third-order valence-corrected chi connectivity index (χ3v) is 4.97. The number of hydrogen-bond donors (Lipinski definition) is 2. The van der Waals surface area contributed by atoms with Gasteiger partial charge in [0.1, 0.15) is 0 Å². The van der Waals surface area contributed by atoms with Crippen molar-refractivity contribution in [1.29, 1.82) is 0 Å². The lowest BCUT2D eigenvalue weighted by molar-refractivity contribution is -0.133. The molecule has 0 saturated carbocycles. The van der Waals surface area contributed by atoms with E-state index in [2.05, 4.69) is 4.90 Å². The van der Waals surface area contributed by atoms with Crippen LogP contribution in [0.1, 0.15) is 19.8 Å². The molecule has 1 amide bonds. The molecular formula is C15H25ClN4O3S. The molecule has 1 heterocycles. The Hall–Kier alpha value is -1.35. The van der Waals surface area contributed by atoms with Gasteiger partial charge in [-0.1, -0.05) is 13.3 Å². The summed E-state index contributed by atoms with van der Waals surface area (Å²) in [4.78, 5) is 16.2. The van der Waals surface area contributed by atoms with E-state index in [0.717, 1.165) is 12.1 Å². The summed E-state index contributed by atoms with van der Waals surface area (Å²) < 4.78 is 22.5. The molecule has 0 bridgehead atoms. The number of nitrogens with zero attached hydrogens (tertiary/aromatic N) is 2. The van der Waals surface area contributed by atoms with Gasteiger partial charge in [0, 0.05) is 31.9 Å². The summed E-state index contributed by atoms with van der Waals surface area (Å²) in [5.74, 6) is 0.0103. The minimum Gasteiger partial charge on any atom is -0.368 e. The van der Waals surface area contributed by atoms with Gasteiger partial charge in [0.15, 0.2) is 0 Å². The number of carbonyl (C=O) groups is 1. The van der Waals surface area contributed by atoms with Gasteiger partial charge in [-0.3, -0.25) is 4.79 Å². The maximum atomic E-state index is 12.2. The van der Waals surface area contributed by atoms with Crippen molar-refractivity contribution in [1.82, 2.24) is 4.90 Å². The second-order valence-electron chi connectivity index (χ2n) is 5.75. The Morgan fingerprint density at radius 2 is 1.71 bits per heavy atom. The van der Waals surface area contributed by atoms with Crippen LogP contribution in [-0.4, -0.2) is 51.4 Å². The molecule has 1 unspecified atom stereocenters. The van der Waals surface area contributed by atoms with Crippen molar-refractivity contribution in [2.45, 2.75) is 30.7 Å². The predicted molar refractivity (Wildman–Crippen MR) is 96.7 cm³/mol. The van der Waals surface area contributed by atoms with Gasteiger partial charge in [0.2, 0.25) is 15.9 Å². The Morgan fingerprint density at radius 3 is 2.17 bits per heavy atom. The van der Waals surface area contributed by atoms with Crippen molar-refractivity contribution in [3.05, 3.63) is 24.3 Å². The van der Waals surface area contributed by atoms with Crippen LogP contribution in [0.4, 0.5) is 5.69 Å². The van der Waals surface area contributed by atoms with Crippen LogP contribution in [0, 0.1) is 0 Å². The van der Waals surface area contributed by atoms with Crippen molar-refractivity contribution in [3.63, 3.8) is 0 Å². The van der Waals surface area contributed by atoms with Crippen LogP contribution >= 0.6 is 12.4 Å². The minimum atomic E-state index is -3.67. The van der Waals surface area contributed by atoms with Crippen LogP contribution in [0.5, 0.6) is 0 Å². The fourth-order valence-electron chi connectivity index (χ4n) is 2.70. The van der Waals surface area contributed by atoms with E-state index in [9.17, 15) is 13.2 Å². The van der Waals surface area contributed by atoms with Crippen LogP contribution in [0.25, 0.3) is 0 Å². The molecule has 4 N–H and O–H groups in total. The Bertz CT molecular complexity index is 643. The molecule has 0 spiro atoms. The van der Waals surface area contributed by atoms with Crippen LogP contribution in [-0.2, 0) is 14.8 Å². The molecule has 1 fully saturated rings. The largest absolute Gasteiger partial charge is 0.368 e. The molecule has 1 saturated heterocycles. The zero-order valence-corrected chi connectivity index (χ0v) is 15.4. The average molecular weight is 377 g/mol. The van der Waals surface area contributed by atoms with Crippen LogP contribution in [0.2, 0.25) is 0 Å². The SMILES string of the molecule is CCCC(N)C(=O)N1CCN(c2ccc(S(N)(=O)=O)cc2)CC1.Cl. The highest BCUT2D eigenvalue weighted by Gasteiger charge is 2.25. The number of piperazine rings is 1. The first kappa shape index (κ1) is 20.7. The van der Waals surface area contributed by atoms with Crippen molar-refractivity contribution in [2.75, 3.05) is 31.1 Å². The normalized spacial score (nSPS) is 16.5. The Morgan fingerprint density at radius 1 is 1.17 bits per heavy atom. The number of halogens is 1. The van der Waals surface area contributed by atoms with Crippen LogP contribution in [0.15, 0.2) is 29.2 Å². The number of sulfonamides is 1. The van der Waals surface area contributed by atoms with E-state index in [1.165, 1.54) is 12.1 Å². The van der Waals surface area contributed by atoms with E-state index < -0.39 is 16.1 Å². The topological polar surface area (TPSA) is 110 Å². The van der Waals surface area contributed by atoms with E-state index in [1.807, 2.05) is 6.92 Å². The quantitative estimate of drug-likeness (QED) is 0.779. The molecule has 2 rings (SSSR count). The highest BCUT2D eigenvalue weighted by Crippen LogP contribution is 2.19. The summed E-state index contributed by atoms with van der Waals surface area (Å²) in [5, 5.41) is 5.09. The van der Waals surface area contributed by atoms with Gasteiger partial charge >= 0.3 is 0 Å². The third-order valence-electron chi connectivity index (χ3n) is 4.04. The molecule has 1 aromatic rings. The molecule has 24 heavy (non-hydrogen) atoms. The van der Waals surface area contributed by atoms with Gasteiger partial charge in [0.25, 0.3) is 0 Å². The molecule has 9 heteroatoms. The predicted octanol–water partition coefficient (Wildman–Crippen LogP) is 0.532. The lowest BCUT2D eigenvalue weighted by Gasteiger charge is -2.37. The molecule has 1 aliphatic rings. The first-order valence-electron chi connectivity index (χ1n) is 7.75. The lowest BCUT2D eigenvalue weighted by Crippen LogP contribution is -2.53. The smallest absolute Gasteiger partial charge is 0.239 e. The molecule has 0 aliphatic carbocycles. The van der Waals surface area contributed by atoms with Gasteiger partial charge in [-0.2, -0.15) is 0 Å². The second kappa shape index (κ2) is 8.66. The molecule has 0 aromatic heterocycles. The minimum absolute atomic E-state index is 0. The fourth-order valence-corrected chi connectivity index (χ4v) is 3.22. The molecular weight excluding hydrogens is 352 g/mol. The third kappa shape index (κ3) is 5.07. The number of rotatable bonds is 5. The second-order valence-corrected chi connectivity index (χ2v) is 7.31. The van der Waals surface area contributed by atoms with Gasteiger partial charge in [-0.25, -0.2) is 13.6 Å². The maximum Gasteiger partial charge on any atom is 0.239 e. The first-order chi connectivity index (χ1) is 10.8. The molecule has 1 aliphatic heterocycles. The highest BCUT2D eigenvalue weighted by molar-refractivity contribution is 7.89. The first-order valence-corrected chi connectivity index (χ1v) is 9.29. The van der Waals surface area contributed by atoms with Crippen LogP contribution < -0.4 is 15.8 Å². The lowest BCUT2D eigenvalue weighted by atomic mass is 10.1. The Balaban J connectivity index is 0.00000288. The summed E-state index contributed by atoms with van der Waals surface area (Å²) >= 11 is 0. The summed E-state index contributed by atoms with van der Waals surface area (Å²) in [5.41, 5.74) is 6.81. The summed E-state index contributed by atoms with van der Waals surface area (Å²) in [6, 6.07) is 6.05. The summed E-state index contributed by atoms with van der Waals surface area (Å²) in [7, 11) is -3.67. The summed E-state index contributed by atoms with van der Waals surface area (Å²) in [6.07, 6.45) is 1.59. The molecule has 0 radical (unpaired) electrons. The van der Waals surface area contributed by atoms with Gasteiger partial charge < -0.3 is 15.5 Å². The van der Waals surface area contributed by atoms with Crippen LogP contribution in [0.3, 0.4) is 0 Å². The van der Waals surface area contributed by atoms with E-state index in [-0.39, 0.29) is 23.2 Å². The van der Waals surface area contributed by atoms with E-state index in [4.69, 9.17) is 10.9 Å². The Labute approximate surface area is 149 Å². The summed E-state index contributed by atoms with van der Waals surface area (Å²) in [6.45, 7) is 4.63. The number of hydrogen-bond acceptors (Lipinski definition) is 5. The maximum absolute atomic E-state index is 12.2. The van der Waals surface area contributed by atoms with Crippen molar-refractivity contribution < 1.29 is 13.2 Å². The van der Waals surface area contributed by atoms with Crippen molar-refractivity contribution in [2.24, 2.45) is 10.9 Å². The van der Waals surface area contributed by atoms with Crippen molar-refractivity contribution >= 4 is 34.0 Å². The number of amides is 1. The van der Waals surface area contributed by atoms with E-state index in [1.54, 1.807) is 17.0 Å². The zero-order valence-electron chi connectivity index (χ0n) is 13.7. The number of nitrogens with two attached hydrogens (primary N) is 2. The molecule has 136 valence electrons. The molecule has 1 aromatic carbocycles.